The molecule has 0 fully saturated rings. The third kappa shape index (κ3) is 1.69. The molecule has 4 nitrogen and oxygen atoms in total. The van der Waals surface area contributed by atoms with Crippen molar-refractivity contribution in [3.8, 4) is 11.3 Å². The highest BCUT2D eigenvalue weighted by Gasteiger charge is 2.03. The normalized spacial score (nSPS) is 10.6. The Morgan fingerprint density at radius 3 is 2.65 bits per heavy atom. The Labute approximate surface area is 97.0 Å². The minimum Gasteiger partial charge on any atom is -0.267 e. The van der Waals surface area contributed by atoms with Gasteiger partial charge >= 0.3 is 0 Å². The van der Waals surface area contributed by atoms with Crippen LogP contribution in [0.15, 0.2) is 53.5 Å². The first-order chi connectivity index (χ1) is 8.34. The summed E-state index contributed by atoms with van der Waals surface area (Å²) in [4.78, 5) is 15.9. The van der Waals surface area contributed by atoms with Crippen LogP contribution in [0.2, 0.25) is 0 Å². The minimum atomic E-state index is -0.213. The molecule has 3 rings (SSSR count). The predicted molar refractivity (Wildman–Crippen MR) is 65.6 cm³/mol. The zero-order valence-corrected chi connectivity index (χ0v) is 8.92. The number of rotatable bonds is 1. The third-order valence-corrected chi connectivity index (χ3v) is 2.59. The summed E-state index contributed by atoms with van der Waals surface area (Å²) in [6, 6.07) is 13.4. The molecule has 0 spiro atoms. The van der Waals surface area contributed by atoms with Crippen LogP contribution in [0, 0.1) is 0 Å². The molecule has 1 aromatic carbocycles. The lowest BCUT2D eigenvalue weighted by molar-refractivity contribution is 1.01. The van der Waals surface area contributed by atoms with Crippen LogP contribution in [-0.2, 0) is 0 Å². The molecule has 2 heterocycles. The van der Waals surface area contributed by atoms with Crippen LogP contribution in [0.5, 0.6) is 0 Å². The molecular formula is C13H9N3O. The standard InChI is InChI=1S/C13H9N3O/c17-13-10-6-7-11(9-4-2-1-3-5-9)15-12(10)8-14-16-13/h1-8H,(H,16,17). The first-order valence-electron chi connectivity index (χ1n) is 5.24. The van der Waals surface area contributed by atoms with E-state index in [0.717, 1.165) is 11.3 Å². The zero-order chi connectivity index (χ0) is 11.7. The van der Waals surface area contributed by atoms with E-state index in [1.807, 2.05) is 36.4 Å². The van der Waals surface area contributed by atoms with Gasteiger partial charge in [-0.05, 0) is 12.1 Å². The minimum absolute atomic E-state index is 0.213. The molecule has 0 amide bonds. The van der Waals surface area contributed by atoms with Crippen molar-refractivity contribution in [3.63, 3.8) is 0 Å². The van der Waals surface area contributed by atoms with Gasteiger partial charge < -0.3 is 0 Å². The number of benzene rings is 1. The van der Waals surface area contributed by atoms with Crippen LogP contribution in [0.4, 0.5) is 0 Å². The number of aromatic amines is 1. The van der Waals surface area contributed by atoms with Crippen LogP contribution in [-0.4, -0.2) is 15.2 Å². The van der Waals surface area contributed by atoms with Crippen LogP contribution in [0.1, 0.15) is 0 Å². The van der Waals surface area contributed by atoms with Crippen molar-refractivity contribution in [2.45, 2.75) is 0 Å². The van der Waals surface area contributed by atoms with Gasteiger partial charge in [-0.25, -0.2) is 10.1 Å². The lowest BCUT2D eigenvalue weighted by Crippen LogP contribution is -2.08. The fourth-order valence-electron chi connectivity index (χ4n) is 1.75. The molecule has 0 radical (unpaired) electrons. The lowest BCUT2D eigenvalue weighted by Gasteiger charge is -2.01. The summed E-state index contributed by atoms with van der Waals surface area (Å²) in [6.07, 6.45) is 1.56. The Hall–Kier alpha value is -2.49. The molecule has 0 aliphatic heterocycles. The van der Waals surface area contributed by atoms with Crippen LogP contribution >= 0.6 is 0 Å². The average molecular weight is 223 g/mol. The topological polar surface area (TPSA) is 58.6 Å². The highest BCUT2D eigenvalue weighted by atomic mass is 16.1. The van der Waals surface area contributed by atoms with Crippen molar-refractivity contribution in [2.24, 2.45) is 0 Å². The number of nitrogens with zero attached hydrogens (tertiary/aromatic N) is 2. The van der Waals surface area contributed by atoms with E-state index >= 15 is 0 Å². The molecule has 0 saturated carbocycles. The molecule has 2 aromatic heterocycles. The number of aromatic nitrogens is 3. The van der Waals surface area contributed by atoms with Crippen molar-refractivity contribution in [1.29, 1.82) is 0 Å². The molecule has 0 atom stereocenters. The van der Waals surface area contributed by atoms with Crippen molar-refractivity contribution in [1.82, 2.24) is 15.2 Å². The van der Waals surface area contributed by atoms with Crippen molar-refractivity contribution < 1.29 is 0 Å². The summed E-state index contributed by atoms with van der Waals surface area (Å²) in [7, 11) is 0. The molecule has 0 saturated heterocycles. The van der Waals surface area contributed by atoms with Gasteiger partial charge in [0.25, 0.3) is 5.56 Å². The fraction of sp³-hybridized carbons (Fsp3) is 0. The quantitative estimate of drug-likeness (QED) is 0.686. The first kappa shape index (κ1) is 9.72. The van der Waals surface area contributed by atoms with E-state index in [2.05, 4.69) is 15.2 Å². The Bertz CT molecular complexity index is 719. The van der Waals surface area contributed by atoms with Crippen molar-refractivity contribution in [2.75, 3.05) is 0 Å². The van der Waals surface area contributed by atoms with Crippen molar-refractivity contribution >= 4 is 10.9 Å². The number of hydrogen-bond acceptors (Lipinski definition) is 3. The summed E-state index contributed by atoms with van der Waals surface area (Å²) in [6.45, 7) is 0. The molecule has 0 aliphatic rings. The summed E-state index contributed by atoms with van der Waals surface area (Å²) in [5.74, 6) is 0. The second kappa shape index (κ2) is 3.83. The second-order valence-electron chi connectivity index (χ2n) is 3.69. The number of nitrogens with one attached hydrogen (secondary N) is 1. The van der Waals surface area contributed by atoms with E-state index in [1.54, 1.807) is 12.3 Å². The molecular weight excluding hydrogens is 214 g/mol. The zero-order valence-electron chi connectivity index (χ0n) is 8.92. The third-order valence-electron chi connectivity index (χ3n) is 2.59. The Kier molecular flexibility index (Phi) is 2.19. The first-order valence-corrected chi connectivity index (χ1v) is 5.24. The van der Waals surface area contributed by atoms with Crippen LogP contribution < -0.4 is 5.56 Å². The van der Waals surface area contributed by atoms with E-state index in [0.29, 0.717) is 10.9 Å². The Morgan fingerprint density at radius 2 is 1.82 bits per heavy atom. The maximum Gasteiger partial charge on any atom is 0.273 e. The van der Waals surface area contributed by atoms with Gasteiger partial charge in [0.2, 0.25) is 0 Å². The second-order valence-corrected chi connectivity index (χ2v) is 3.69. The lowest BCUT2D eigenvalue weighted by atomic mass is 10.1. The maximum atomic E-state index is 11.5. The molecule has 82 valence electrons. The highest BCUT2D eigenvalue weighted by Crippen LogP contribution is 2.18. The van der Waals surface area contributed by atoms with E-state index in [9.17, 15) is 4.79 Å². The summed E-state index contributed by atoms with van der Waals surface area (Å²) in [5, 5.41) is 6.69. The van der Waals surface area contributed by atoms with E-state index < -0.39 is 0 Å². The van der Waals surface area contributed by atoms with E-state index in [4.69, 9.17) is 0 Å². The molecule has 0 aliphatic carbocycles. The van der Waals surface area contributed by atoms with Gasteiger partial charge in [-0.3, -0.25) is 4.79 Å². The number of fused-ring (bicyclic) bond motifs is 1. The summed E-state index contributed by atoms with van der Waals surface area (Å²) in [5.41, 5.74) is 2.25. The van der Waals surface area contributed by atoms with Gasteiger partial charge in [-0.15, -0.1) is 0 Å². The van der Waals surface area contributed by atoms with Gasteiger partial charge in [0.15, 0.2) is 0 Å². The molecule has 1 N–H and O–H groups in total. The van der Waals surface area contributed by atoms with Crippen molar-refractivity contribution in [3.05, 3.63) is 59.0 Å². The molecule has 0 bridgehead atoms. The van der Waals surface area contributed by atoms with Crippen LogP contribution in [0.25, 0.3) is 22.2 Å². The van der Waals surface area contributed by atoms with Gasteiger partial charge in [0, 0.05) is 5.56 Å². The number of pyridine rings is 1. The number of hydrogen-bond donors (Lipinski definition) is 1. The van der Waals surface area contributed by atoms with Crippen LogP contribution in [0.3, 0.4) is 0 Å². The summed E-state index contributed by atoms with van der Waals surface area (Å²) < 4.78 is 0. The Balaban J connectivity index is 2.25. The highest BCUT2D eigenvalue weighted by molar-refractivity contribution is 5.79. The fourth-order valence-corrected chi connectivity index (χ4v) is 1.75. The average Bonchev–Trinajstić information content (AvgIpc) is 2.40. The maximum absolute atomic E-state index is 11.5. The van der Waals surface area contributed by atoms with Gasteiger partial charge in [-0.1, -0.05) is 30.3 Å². The predicted octanol–water partition coefficient (Wildman–Crippen LogP) is 1.99. The smallest absolute Gasteiger partial charge is 0.267 e. The van der Waals surface area contributed by atoms with E-state index in [1.165, 1.54) is 0 Å². The molecule has 17 heavy (non-hydrogen) atoms. The molecule has 4 heteroatoms. The van der Waals surface area contributed by atoms with Gasteiger partial charge in [0.05, 0.1) is 22.8 Å². The van der Waals surface area contributed by atoms with Gasteiger partial charge in [0.1, 0.15) is 0 Å². The summed E-state index contributed by atoms with van der Waals surface area (Å²) >= 11 is 0. The SMILES string of the molecule is O=c1[nH]ncc2nc(-c3ccccc3)ccc12. The largest absolute Gasteiger partial charge is 0.273 e. The Morgan fingerprint density at radius 1 is 1.00 bits per heavy atom. The molecule has 3 aromatic rings. The number of H-pyrrole nitrogens is 1. The molecule has 0 unspecified atom stereocenters. The van der Waals surface area contributed by atoms with Gasteiger partial charge in [-0.2, -0.15) is 5.10 Å². The van der Waals surface area contributed by atoms with E-state index in [-0.39, 0.29) is 5.56 Å². The monoisotopic (exact) mass is 223 g/mol.